The molecule has 0 saturated carbocycles. The minimum Gasteiger partial charge on any atom is -0.480 e. The fourth-order valence-electron chi connectivity index (χ4n) is 1.36. The van der Waals surface area contributed by atoms with Crippen LogP contribution in [0.4, 0.5) is 5.13 Å². The van der Waals surface area contributed by atoms with Crippen LogP contribution in [0.15, 0.2) is 17.8 Å². The fraction of sp³-hybridized carbons (Fsp3) is 0.300. The van der Waals surface area contributed by atoms with E-state index >= 15 is 0 Å². The van der Waals surface area contributed by atoms with Crippen molar-refractivity contribution in [3.63, 3.8) is 0 Å². The van der Waals surface area contributed by atoms with Crippen LogP contribution in [0, 0.1) is 0 Å². The maximum absolute atomic E-state index is 10.7. The summed E-state index contributed by atoms with van der Waals surface area (Å²) in [5.74, 6) is -0.217. The molecule has 0 aliphatic heterocycles. The van der Waals surface area contributed by atoms with Crippen molar-refractivity contribution < 1.29 is 9.90 Å². The molecule has 0 spiro atoms. The highest BCUT2D eigenvalue weighted by atomic mass is 32.1. The number of hydrogen-bond acceptors (Lipinski definition) is 6. The Balaban J connectivity index is 1.99. The van der Waals surface area contributed by atoms with Gasteiger partial charge in [0, 0.05) is 24.8 Å². The lowest BCUT2D eigenvalue weighted by atomic mass is 10.2. The van der Waals surface area contributed by atoms with Crippen LogP contribution in [0.2, 0.25) is 0 Å². The van der Waals surface area contributed by atoms with Gasteiger partial charge >= 0.3 is 5.97 Å². The highest BCUT2D eigenvalue weighted by molar-refractivity contribution is 7.13. The summed E-state index contributed by atoms with van der Waals surface area (Å²) in [5.41, 5.74) is 5.82. The van der Waals surface area contributed by atoms with Gasteiger partial charge in [-0.1, -0.05) is 0 Å². The van der Waals surface area contributed by atoms with Crippen molar-refractivity contribution in [2.45, 2.75) is 12.6 Å². The van der Waals surface area contributed by atoms with Crippen molar-refractivity contribution in [2.75, 3.05) is 5.32 Å². The number of hydrogen-bond donors (Lipinski definition) is 3. The average molecular weight is 267 g/mol. The first-order chi connectivity index (χ1) is 8.58. The molecule has 18 heavy (non-hydrogen) atoms. The summed E-state index contributed by atoms with van der Waals surface area (Å²) in [4.78, 5) is 19.0. The van der Waals surface area contributed by atoms with Gasteiger partial charge in [0.2, 0.25) is 0 Å². The van der Waals surface area contributed by atoms with Crippen LogP contribution < -0.4 is 11.1 Å². The Labute approximate surface area is 107 Å². The minimum absolute atomic E-state index is 0.356. The van der Waals surface area contributed by atoms with Gasteiger partial charge in [0.1, 0.15) is 11.9 Å². The van der Waals surface area contributed by atoms with Crippen molar-refractivity contribution in [1.29, 1.82) is 0 Å². The first-order valence-electron chi connectivity index (χ1n) is 5.22. The van der Waals surface area contributed by atoms with Crippen LogP contribution in [0.1, 0.15) is 17.6 Å². The van der Waals surface area contributed by atoms with Crippen LogP contribution in [0.5, 0.6) is 0 Å². The number of carboxylic acids is 1. The molecule has 1 unspecified atom stereocenters. The Morgan fingerprint density at radius 1 is 1.72 bits per heavy atom. The van der Waals surface area contributed by atoms with Crippen LogP contribution in [-0.4, -0.2) is 25.6 Å². The van der Waals surface area contributed by atoms with E-state index in [9.17, 15) is 4.79 Å². The Hall–Kier alpha value is -1.93. The largest absolute Gasteiger partial charge is 0.480 e. The normalized spacial score (nSPS) is 12.3. The number of thiazole rings is 1. The smallest absolute Gasteiger partial charge is 0.326 e. The number of imidazole rings is 1. The van der Waals surface area contributed by atoms with E-state index in [-0.39, 0.29) is 0 Å². The van der Waals surface area contributed by atoms with E-state index in [2.05, 4.69) is 15.3 Å². The van der Waals surface area contributed by atoms with Gasteiger partial charge in [-0.3, -0.25) is 4.79 Å². The second-order valence-electron chi connectivity index (χ2n) is 3.70. The van der Waals surface area contributed by atoms with Crippen molar-refractivity contribution in [3.8, 4) is 0 Å². The molecule has 0 fully saturated rings. The SMILES string of the molecule is Cn1ccnc1CNc1nc(C(N)C(=O)O)cs1. The summed E-state index contributed by atoms with van der Waals surface area (Å²) in [7, 11) is 1.90. The van der Waals surface area contributed by atoms with Gasteiger partial charge < -0.3 is 20.7 Å². The zero-order chi connectivity index (χ0) is 13.1. The predicted octanol–water partition coefficient (Wildman–Crippen LogP) is 0.573. The Kier molecular flexibility index (Phi) is 3.58. The highest BCUT2D eigenvalue weighted by Gasteiger charge is 2.17. The summed E-state index contributed by atoms with van der Waals surface area (Å²) in [5, 5.41) is 14.1. The summed E-state index contributed by atoms with van der Waals surface area (Å²) >= 11 is 1.32. The zero-order valence-corrected chi connectivity index (χ0v) is 10.5. The van der Waals surface area contributed by atoms with E-state index in [0.717, 1.165) is 5.82 Å². The first-order valence-corrected chi connectivity index (χ1v) is 6.10. The van der Waals surface area contributed by atoms with Crippen molar-refractivity contribution in [2.24, 2.45) is 12.8 Å². The highest BCUT2D eigenvalue weighted by Crippen LogP contribution is 2.20. The van der Waals surface area contributed by atoms with E-state index in [4.69, 9.17) is 10.8 Å². The van der Waals surface area contributed by atoms with Gasteiger partial charge in [-0.15, -0.1) is 11.3 Å². The van der Waals surface area contributed by atoms with Gasteiger partial charge in [0.25, 0.3) is 0 Å². The van der Waals surface area contributed by atoms with Gasteiger partial charge in [-0.05, 0) is 0 Å². The third-order valence-electron chi connectivity index (χ3n) is 2.43. The molecule has 2 heterocycles. The molecule has 0 aliphatic rings. The van der Waals surface area contributed by atoms with E-state index in [1.54, 1.807) is 11.6 Å². The molecule has 2 aromatic rings. The van der Waals surface area contributed by atoms with Crippen molar-refractivity contribution >= 4 is 22.4 Å². The van der Waals surface area contributed by atoms with Crippen LogP contribution in [0.25, 0.3) is 0 Å². The Morgan fingerprint density at radius 3 is 3.11 bits per heavy atom. The van der Waals surface area contributed by atoms with Crippen molar-refractivity contribution in [3.05, 3.63) is 29.3 Å². The molecule has 0 saturated heterocycles. The molecular formula is C10H13N5O2S. The quantitative estimate of drug-likeness (QED) is 0.731. The molecule has 1 atom stereocenters. The second-order valence-corrected chi connectivity index (χ2v) is 4.56. The predicted molar refractivity (Wildman–Crippen MR) is 67.2 cm³/mol. The molecule has 4 N–H and O–H groups in total. The molecule has 0 aliphatic carbocycles. The third kappa shape index (κ3) is 2.66. The molecule has 8 heteroatoms. The third-order valence-corrected chi connectivity index (χ3v) is 3.24. The number of anilines is 1. The van der Waals surface area contributed by atoms with Gasteiger partial charge in [-0.25, -0.2) is 9.97 Å². The number of aliphatic carboxylic acids is 1. The number of nitrogens with two attached hydrogens (primary N) is 1. The molecule has 0 aromatic carbocycles. The van der Waals surface area contributed by atoms with E-state index in [1.807, 2.05) is 17.8 Å². The molecule has 2 aromatic heterocycles. The fourth-order valence-corrected chi connectivity index (χ4v) is 2.10. The molecular weight excluding hydrogens is 254 g/mol. The lowest BCUT2D eigenvalue weighted by Gasteiger charge is -2.03. The molecule has 7 nitrogen and oxygen atoms in total. The zero-order valence-electron chi connectivity index (χ0n) is 9.70. The van der Waals surface area contributed by atoms with E-state index < -0.39 is 12.0 Å². The average Bonchev–Trinajstić information content (AvgIpc) is 2.94. The topological polar surface area (TPSA) is 106 Å². The minimum atomic E-state index is -1.09. The van der Waals surface area contributed by atoms with Gasteiger partial charge in [0.05, 0.1) is 12.2 Å². The second kappa shape index (κ2) is 5.15. The number of carbonyl (C=O) groups is 1. The number of nitrogens with one attached hydrogen (secondary N) is 1. The van der Waals surface area contributed by atoms with Gasteiger partial charge in [-0.2, -0.15) is 0 Å². The first kappa shape index (κ1) is 12.5. The maximum atomic E-state index is 10.7. The maximum Gasteiger partial charge on any atom is 0.326 e. The molecule has 0 amide bonds. The van der Waals surface area contributed by atoms with E-state index in [1.165, 1.54) is 11.3 Å². The lowest BCUT2D eigenvalue weighted by molar-refractivity contribution is -0.138. The lowest BCUT2D eigenvalue weighted by Crippen LogP contribution is -2.20. The summed E-state index contributed by atoms with van der Waals surface area (Å²) in [6, 6.07) is -1.08. The molecule has 96 valence electrons. The number of aryl methyl sites for hydroxylation is 1. The van der Waals surface area contributed by atoms with E-state index in [0.29, 0.717) is 17.4 Å². The number of nitrogens with zero attached hydrogens (tertiary/aromatic N) is 3. The Bertz CT molecular complexity index is 550. The molecule has 0 bridgehead atoms. The summed E-state index contributed by atoms with van der Waals surface area (Å²) < 4.78 is 1.89. The monoisotopic (exact) mass is 267 g/mol. The standard InChI is InChI=1S/C10H13N5O2S/c1-15-3-2-12-7(15)4-13-10-14-6(5-18-10)8(11)9(16)17/h2-3,5,8H,4,11H2,1H3,(H,13,14)(H,16,17). The van der Waals surface area contributed by atoms with Crippen LogP contribution >= 0.6 is 11.3 Å². The summed E-state index contributed by atoms with van der Waals surface area (Å²) in [6.07, 6.45) is 3.56. The van der Waals surface area contributed by atoms with Crippen LogP contribution in [0.3, 0.4) is 0 Å². The number of carboxylic acid groups (broad SMARTS) is 1. The summed E-state index contributed by atoms with van der Waals surface area (Å²) in [6.45, 7) is 0.527. The number of rotatable bonds is 5. The Morgan fingerprint density at radius 2 is 2.50 bits per heavy atom. The van der Waals surface area contributed by atoms with Gasteiger partial charge in [0.15, 0.2) is 5.13 Å². The molecule has 2 rings (SSSR count). The molecule has 0 radical (unpaired) electrons. The number of aromatic nitrogens is 3. The van der Waals surface area contributed by atoms with Crippen molar-refractivity contribution in [1.82, 2.24) is 14.5 Å². The van der Waals surface area contributed by atoms with Crippen LogP contribution in [-0.2, 0) is 18.4 Å².